The van der Waals surface area contributed by atoms with Gasteiger partial charge in [-0.25, -0.2) is 0 Å². The number of piperidine rings is 2. The van der Waals surface area contributed by atoms with Gasteiger partial charge < -0.3 is 9.80 Å². The quantitative estimate of drug-likeness (QED) is 0.903. The van der Waals surface area contributed by atoms with Gasteiger partial charge in [0.05, 0.1) is 11.6 Å². The Hall–Kier alpha value is -1.85. The average Bonchev–Trinajstić information content (AvgIpc) is 2.92. The number of fused-ring (bicyclic) bond motifs is 1. The molecule has 1 aromatic rings. The maximum Gasteiger partial charge on any atom is 0.274 e. The number of nitrogens with one attached hydrogen (secondary N) is 1. The number of likely N-dealkylation sites (tertiary alicyclic amines) is 2. The maximum atomic E-state index is 13.2. The van der Waals surface area contributed by atoms with E-state index in [9.17, 15) is 9.59 Å². The van der Waals surface area contributed by atoms with Crippen molar-refractivity contribution in [1.29, 1.82) is 0 Å². The molecular formula is C18H28N4O2. The Morgan fingerprint density at radius 1 is 1.33 bits per heavy atom. The van der Waals surface area contributed by atoms with Crippen molar-refractivity contribution < 1.29 is 9.59 Å². The molecule has 6 nitrogen and oxygen atoms in total. The first kappa shape index (κ1) is 17.0. The molecule has 0 unspecified atom stereocenters. The smallest absolute Gasteiger partial charge is 0.274 e. The van der Waals surface area contributed by atoms with Crippen LogP contribution in [0.4, 0.5) is 0 Å². The van der Waals surface area contributed by atoms with Gasteiger partial charge in [0.15, 0.2) is 5.69 Å². The Morgan fingerprint density at radius 3 is 2.71 bits per heavy atom. The number of carbonyl (C=O) groups is 2. The lowest BCUT2D eigenvalue weighted by Gasteiger charge is -2.56. The standard InChI is InChI=1S/C18H28N4O2/c1-5-14-12(2)16(20-19-14)17(24)21-10-7-9-18(4)15(21)8-6-11-22(18)13(3)23/h15H,5-11H2,1-4H3,(H,19,20)/t15-,18-/m0/s1. The molecule has 0 radical (unpaired) electrons. The van der Waals surface area contributed by atoms with Gasteiger partial charge in [0.1, 0.15) is 0 Å². The first-order chi connectivity index (χ1) is 11.4. The fourth-order valence-corrected chi connectivity index (χ4v) is 4.63. The van der Waals surface area contributed by atoms with E-state index in [1.54, 1.807) is 6.92 Å². The highest BCUT2D eigenvalue weighted by atomic mass is 16.2. The zero-order valence-corrected chi connectivity index (χ0v) is 15.2. The number of aryl methyl sites for hydroxylation is 1. The van der Waals surface area contributed by atoms with E-state index in [1.165, 1.54) is 0 Å². The number of hydrogen-bond acceptors (Lipinski definition) is 3. The second kappa shape index (κ2) is 6.22. The molecule has 0 aliphatic carbocycles. The summed E-state index contributed by atoms with van der Waals surface area (Å²) in [6.45, 7) is 9.34. The number of H-pyrrole nitrogens is 1. The van der Waals surface area contributed by atoms with Gasteiger partial charge in [-0.1, -0.05) is 6.92 Å². The van der Waals surface area contributed by atoms with E-state index >= 15 is 0 Å². The summed E-state index contributed by atoms with van der Waals surface area (Å²) in [6, 6.07) is 0.0811. The van der Waals surface area contributed by atoms with Crippen LogP contribution >= 0.6 is 0 Å². The van der Waals surface area contributed by atoms with Crippen LogP contribution in [0.2, 0.25) is 0 Å². The summed E-state index contributed by atoms with van der Waals surface area (Å²) in [5.41, 5.74) is 2.26. The van der Waals surface area contributed by atoms with Gasteiger partial charge in [0, 0.05) is 31.3 Å². The van der Waals surface area contributed by atoms with Gasteiger partial charge in [0.25, 0.3) is 5.91 Å². The Bertz CT molecular complexity index is 653. The van der Waals surface area contributed by atoms with Crippen LogP contribution in [-0.2, 0) is 11.2 Å². The largest absolute Gasteiger partial charge is 0.335 e. The molecule has 3 rings (SSSR count). The summed E-state index contributed by atoms with van der Waals surface area (Å²) in [6.07, 6.45) is 4.62. The SMILES string of the molecule is CCc1[nH]nc(C(=O)N2CCC[C@@]3(C)[C@@H]2CCCN3C(C)=O)c1C. The molecule has 0 saturated carbocycles. The third kappa shape index (κ3) is 2.52. The first-order valence-corrected chi connectivity index (χ1v) is 9.03. The van der Waals surface area contributed by atoms with Crippen molar-refractivity contribution in [3.8, 4) is 0 Å². The fourth-order valence-electron chi connectivity index (χ4n) is 4.63. The second-order valence-electron chi connectivity index (χ2n) is 7.32. The van der Waals surface area contributed by atoms with Gasteiger partial charge >= 0.3 is 0 Å². The molecule has 132 valence electrons. The Kier molecular flexibility index (Phi) is 4.40. The second-order valence-corrected chi connectivity index (χ2v) is 7.32. The summed E-state index contributed by atoms with van der Waals surface area (Å²) >= 11 is 0. The third-order valence-corrected chi connectivity index (χ3v) is 5.96. The lowest BCUT2D eigenvalue weighted by molar-refractivity contribution is -0.143. The van der Waals surface area contributed by atoms with Crippen LogP contribution in [-0.4, -0.2) is 56.5 Å². The van der Waals surface area contributed by atoms with E-state index in [0.717, 1.165) is 56.5 Å². The van der Waals surface area contributed by atoms with Crippen molar-refractivity contribution in [1.82, 2.24) is 20.0 Å². The minimum Gasteiger partial charge on any atom is -0.335 e. The fraction of sp³-hybridized carbons (Fsp3) is 0.722. The molecule has 24 heavy (non-hydrogen) atoms. The number of amides is 2. The number of rotatable bonds is 2. The van der Waals surface area contributed by atoms with E-state index < -0.39 is 0 Å². The van der Waals surface area contributed by atoms with Crippen LogP contribution < -0.4 is 0 Å². The topological polar surface area (TPSA) is 69.3 Å². The Balaban J connectivity index is 1.92. The van der Waals surface area contributed by atoms with Crippen LogP contribution in [0.15, 0.2) is 0 Å². The van der Waals surface area contributed by atoms with Crippen molar-refractivity contribution in [3.05, 3.63) is 17.0 Å². The molecule has 2 aliphatic heterocycles. The first-order valence-electron chi connectivity index (χ1n) is 9.03. The molecule has 2 atom stereocenters. The zero-order valence-electron chi connectivity index (χ0n) is 15.2. The molecule has 3 heterocycles. The molecule has 2 saturated heterocycles. The normalized spacial score (nSPS) is 27.1. The van der Waals surface area contributed by atoms with E-state index in [1.807, 2.05) is 16.7 Å². The maximum absolute atomic E-state index is 13.2. The molecule has 2 fully saturated rings. The van der Waals surface area contributed by atoms with Crippen molar-refractivity contribution in [3.63, 3.8) is 0 Å². The highest BCUT2D eigenvalue weighted by molar-refractivity contribution is 5.94. The average molecular weight is 332 g/mol. The van der Waals surface area contributed by atoms with Crippen LogP contribution in [0.25, 0.3) is 0 Å². The van der Waals surface area contributed by atoms with E-state index in [0.29, 0.717) is 5.69 Å². The van der Waals surface area contributed by atoms with Crippen molar-refractivity contribution >= 4 is 11.8 Å². The van der Waals surface area contributed by atoms with Crippen molar-refractivity contribution in [2.24, 2.45) is 0 Å². The Morgan fingerprint density at radius 2 is 2.08 bits per heavy atom. The predicted molar refractivity (Wildman–Crippen MR) is 91.8 cm³/mol. The van der Waals surface area contributed by atoms with Gasteiger partial charge in [-0.05, 0) is 46.0 Å². The number of nitrogens with zero attached hydrogens (tertiary/aromatic N) is 3. The van der Waals surface area contributed by atoms with Gasteiger partial charge in [-0.15, -0.1) is 0 Å². The highest BCUT2D eigenvalue weighted by Crippen LogP contribution is 2.39. The summed E-state index contributed by atoms with van der Waals surface area (Å²) in [5.74, 6) is 0.116. The summed E-state index contributed by atoms with van der Waals surface area (Å²) in [4.78, 5) is 29.2. The third-order valence-electron chi connectivity index (χ3n) is 5.96. The van der Waals surface area contributed by atoms with E-state index in [2.05, 4.69) is 24.0 Å². The number of carbonyl (C=O) groups excluding carboxylic acids is 2. The molecule has 6 heteroatoms. The lowest BCUT2D eigenvalue weighted by atomic mass is 9.76. The molecule has 0 spiro atoms. The zero-order chi connectivity index (χ0) is 17.5. The van der Waals surface area contributed by atoms with Crippen LogP contribution in [0.5, 0.6) is 0 Å². The minimum absolute atomic E-state index is 0.00442. The molecule has 1 aromatic heterocycles. The van der Waals surface area contributed by atoms with Crippen LogP contribution in [0.1, 0.15) is 68.2 Å². The number of aromatic amines is 1. The molecule has 0 aromatic carbocycles. The molecule has 0 bridgehead atoms. The van der Waals surface area contributed by atoms with Crippen LogP contribution in [0.3, 0.4) is 0 Å². The van der Waals surface area contributed by atoms with Crippen LogP contribution in [0, 0.1) is 6.92 Å². The molecule has 2 aliphatic rings. The van der Waals surface area contributed by atoms with E-state index in [-0.39, 0.29) is 23.4 Å². The van der Waals surface area contributed by atoms with Crippen molar-refractivity contribution in [2.45, 2.75) is 71.4 Å². The molecular weight excluding hydrogens is 304 g/mol. The number of aromatic nitrogens is 2. The van der Waals surface area contributed by atoms with E-state index in [4.69, 9.17) is 0 Å². The predicted octanol–water partition coefficient (Wildman–Crippen LogP) is 2.29. The molecule has 2 amide bonds. The Labute approximate surface area is 143 Å². The number of hydrogen-bond donors (Lipinski definition) is 1. The highest BCUT2D eigenvalue weighted by Gasteiger charge is 2.49. The molecule has 1 N–H and O–H groups in total. The van der Waals surface area contributed by atoms with Crippen molar-refractivity contribution in [2.75, 3.05) is 13.1 Å². The summed E-state index contributed by atoms with van der Waals surface area (Å²) in [5, 5.41) is 7.27. The monoisotopic (exact) mass is 332 g/mol. The van der Waals surface area contributed by atoms with Gasteiger partial charge in [0.2, 0.25) is 5.91 Å². The van der Waals surface area contributed by atoms with Gasteiger partial charge in [-0.2, -0.15) is 5.10 Å². The summed E-state index contributed by atoms with van der Waals surface area (Å²) < 4.78 is 0. The summed E-state index contributed by atoms with van der Waals surface area (Å²) in [7, 11) is 0. The van der Waals surface area contributed by atoms with Gasteiger partial charge in [-0.3, -0.25) is 14.7 Å². The lowest BCUT2D eigenvalue weighted by Crippen LogP contribution is -2.68. The minimum atomic E-state index is -0.254.